The summed E-state index contributed by atoms with van der Waals surface area (Å²) in [7, 11) is 1.35. The van der Waals surface area contributed by atoms with Gasteiger partial charge in [0.25, 0.3) is 0 Å². The standard InChI is InChI=1S/C22H19N3O4S/c1-13-19(21(26)27-2)20(15-5-3-14(12-23)4-6-15)24-22(30)25(13)16-7-8-17-18(11-16)29-10-9-28-17/h3-8,11,20H,9-10H2,1-2H3,(H,24,30). The Kier molecular flexibility index (Phi) is 5.29. The Morgan fingerprint density at radius 2 is 1.90 bits per heavy atom. The summed E-state index contributed by atoms with van der Waals surface area (Å²) in [5.74, 6) is 0.841. The number of benzene rings is 2. The molecule has 8 heteroatoms. The predicted octanol–water partition coefficient (Wildman–Crippen LogP) is 3.21. The number of anilines is 1. The molecule has 0 spiro atoms. The van der Waals surface area contributed by atoms with Crippen molar-refractivity contribution in [1.29, 1.82) is 5.26 Å². The third-order valence-electron chi connectivity index (χ3n) is 5.05. The van der Waals surface area contributed by atoms with Crippen LogP contribution in [0.3, 0.4) is 0 Å². The molecular formula is C22H19N3O4S. The van der Waals surface area contributed by atoms with Crippen molar-refractivity contribution in [3.63, 3.8) is 0 Å². The van der Waals surface area contributed by atoms with E-state index < -0.39 is 12.0 Å². The lowest BCUT2D eigenvalue weighted by Crippen LogP contribution is -2.48. The van der Waals surface area contributed by atoms with Crippen LogP contribution in [0.15, 0.2) is 53.7 Å². The number of rotatable bonds is 3. The number of fused-ring (bicyclic) bond motifs is 1. The van der Waals surface area contributed by atoms with Gasteiger partial charge in [0.1, 0.15) is 13.2 Å². The second kappa shape index (κ2) is 8.05. The highest BCUT2D eigenvalue weighted by molar-refractivity contribution is 7.80. The zero-order chi connectivity index (χ0) is 21.3. The van der Waals surface area contributed by atoms with Crippen LogP contribution < -0.4 is 19.7 Å². The Hall–Kier alpha value is -3.57. The topological polar surface area (TPSA) is 83.8 Å². The number of nitrogens with zero attached hydrogens (tertiary/aromatic N) is 2. The van der Waals surface area contributed by atoms with Crippen molar-refractivity contribution in [2.75, 3.05) is 25.2 Å². The van der Waals surface area contributed by atoms with E-state index in [9.17, 15) is 4.79 Å². The van der Waals surface area contributed by atoms with E-state index in [0.717, 1.165) is 11.3 Å². The van der Waals surface area contributed by atoms with Gasteiger partial charge in [-0.25, -0.2) is 4.79 Å². The summed E-state index contributed by atoms with van der Waals surface area (Å²) >= 11 is 5.65. The van der Waals surface area contributed by atoms with Gasteiger partial charge in [0, 0.05) is 11.8 Å². The highest BCUT2D eigenvalue weighted by atomic mass is 32.1. The number of hydrogen-bond donors (Lipinski definition) is 1. The highest BCUT2D eigenvalue weighted by Crippen LogP contribution is 2.38. The van der Waals surface area contributed by atoms with Gasteiger partial charge in [-0.15, -0.1) is 0 Å². The predicted molar refractivity (Wildman–Crippen MR) is 114 cm³/mol. The highest BCUT2D eigenvalue weighted by Gasteiger charge is 2.35. The number of carbonyl (C=O) groups excluding carboxylic acids is 1. The zero-order valence-corrected chi connectivity index (χ0v) is 17.3. The Morgan fingerprint density at radius 3 is 2.57 bits per heavy atom. The van der Waals surface area contributed by atoms with Crippen LogP contribution in [0.25, 0.3) is 0 Å². The van der Waals surface area contributed by atoms with Crippen LogP contribution in [0.5, 0.6) is 11.5 Å². The molecule has 30 heavy (non-hydrogen) atoms. The number of carbonyl (C=O) groups is 1. The maximum absolute atomic E-state index is 12.7. The average molecular weight is 421 g/mol. The fourth-order valence-corrected chi connectivity index (χ4v) is 3.96. The minimum atomic E-state index is -0.494. The van der Waals surface area contributed by atoms with Gasteiger partial charge < -0.3 is 19.5 Å². The quantitative estimate of drug-likeness (QED) is 0.598. The van der Waals surface area contributed by atoms with Gasteiger partial charge in [0.05, 0.1) is 36.0 Å². The zero-order valence-electron chi connectivity index (χ0n) is 16.5. The van der Waals surface area contributed by atoms with Gasteiger partial charge in [-0.05, 0) is 49.0 Å². The summed E-state index contributed by atoms with van der Waals surface area (Å²) in [6.07, 6.45) is 0. The van der Waals surface area contributed by atoms with Crippen LogP contribution in [0, 0.1) is 11.3 Å². The third kappa shape index (κ3) is 3.44. The smallest absolute Gasteiger partial charge is 0.337 e. The Labute approximate surface area is 179 Å². The molecule has 0 amide bonds. The van der Waals surface area contributed by atoms with Gasteiger partial charge in [-0.3, -0.25) is 4.90 Å². The first-order valence-electron chi connectivity index (χ1n) is 9.33. The molecule has 4 rings (SSSR count). The van der Waals surface area contributed by atoms with Crippen molar-refractivity contribution in [2.45, 2.75) is 13.0 Å². The Balaban J connectivity index is 1.79. The molecule has 7 nitrogen and oxygen atoms in total. The van der Waals surface area contributed by atoms with Gasteiger partial charge >= 0.3 is 5.97 Å². The molecule has 2 aromatic carbocycles. The molecule has 2 aromatic rings. The monoisotopic (exact) mass is 421 g/mol. The molecule has 2 aliphatic heterocycles. The number of hydrogen-bond acceptors (Lipinski definition) is 6. The van der Waals surface area contributed by atoms with E-state index in [-0.39, 0.29) is 0 Å². The molecule has 0 fully saturated rings. The maximum Gasteiger partial charge on any atom is 0.337 e. The van der Waals surface area contributed by atoms with E-state index in [1.54, 1.807) is 29.2 Å². The second-order valence-electron chi connectivity index (χ2n) is 6.77. The van der Waals surface area contributed by atoms with Gasteiger partial charge in [0.15, 0.2) is 16.6 Å². The molecule has 2 aliphatic rings. The van der Waals surface area contributed by atoms with Crippen LogP contribution in [-0.2, 0) is 9.53 Å². The van der Waals surface area contributed by atoms with Crippen molar-refractivity contribution < 1.29 is 19.0 Å². The molecule has 0 bridgehead atoms. The summed E-state index contributed by atoms with van der Waals surface area (Å²) in [5.41, 5.74) is 3.17. The summed E-state index contributed by atoms with van der Waals surface area (Å²) in [6, 6.07) is 14.1. The molecular weight excluding hydrogens is 402 g/mol. The molecule has 1 N–H and O–H groups in total. The van der Waals surface area contributed by atoms with Crippen LogP contribution in [0.2, 0.25) is 0 Å². The lowest BCUT2D eigenvalue weighted by Gasteiger charge is -2.37. The molecule has 0 aliphatic carbocycles. The summed E-state index contributed by atoms with van der Waals surface area (Å²) in [6.45, 7) is 2.81. The maximum atomic E-state index is 12.7. The van der Waals surface area contributed by atoms with Crippen molar-refractivity contribution >= 4 is 29.0 Å². The van der Waals surface area contributed by atoms with Crippen molar-refractivity contribution in [3.05, 3.63) is 64.9 Å². The van der Waals surface area contributed by atoms with Crippen molar-refractivity contribution in [2.24, 2.45) is 0 Å². The van der Waals surface area contributed by atoms with E-state index in [1.807, 2.05) is 25.1 Å². The summed E-state index contributed by atoms with van der Waals surface area (Å²) < 4.78 is 16.3. The first-order chi connectivity index (χ1) is 14.5. The van der Waals surface area contributed by atoms with E-state index >= 15 is 0 Å². The minimum Gasteiger partial charge on any atom is -0.486 e. The molecule has 2 heterocycles. The number of allylic oxidation sites excluding steroid dienone is 1. The number of thiocarbonyl (C=S) groups is 1. The normalized spacial score (nSPS) is 17.8. The first-order valence-corrected chi connectivity index (χ1v) is 9.73. The fraction of sp³-hybridized carbons (Fsp3) is 0.227. The van der Waals surface area contributed by atoms with Gasteiger partial charge in [-0.2, -0.15) is 5.26 Å². The van der Waals surface area contributed by atoms with Crippen molar-refractivity contribution in [3.8, 4) is 17.6 Å². The summed E-state index contributed by atoms with van der Waals surface area (Å²) in [5, 5.41) is 12.7. The molecule has 1 unspecified atom stereocenters. The number of methoxy groups -OCH3 is 1. The number of nitrogens with one attached hydrogen (secondary N) is 1. The fourth-order valence-electron chi connectivity index (χ4n) is 3.60. The van der Waals surface area contributed by atoms with E-state index in [0.29, 0.717) is 46.7 Å². The van der Waals surface area contributed by atoms with Crippen LogP contribution in [0.4, 0.5) is 5.69 Å². The number of ether oxygens (including phenoxy) is 3. The minimum absolute atomic E-state index is 0.436. The molecule has 0 saturated heterocycles. The lowest BCUT2D eigenvalue weighted by atomic mass is 9.94. The van der Waals surface area contributed by atoms with Crippen LogP contribution in [0.1, 0.15) is 24.1 Å². The molecule has 0 aromatic heterocycles. The third-order valence-corrected chi connectivity index (χ3v) is 5.35. The lowest BCUT2D eigenvalue weighted by molar-refractivity contribution is -0.136. The Bertz CT molecular complexity index is 1090. The molecule has 1 atom stereocenters. The Morgan fingerprint density at radius 1 is 1.20 bits per heavy atom. The number of nitriles is 1. The molecule has 152 valence electrons. The molecule has 0 saturated carbocycles. The number of esters is 1. The first kappa shape index (κ1) is 19.7. The summed E-state index contributed by atoms with van der Waals surface area (Å²) in [4.78, 5) is 14.5. The van der Waals surface area contributed by atoms with Gasteiger partial charge in [-0.1, -0.05) is 12.1 Å². The SMILES string of the molecule is COC(=O)C1=C(C)N(c2ccc3c(c2)OCCO3)C(=S)NC1c1ccc(C#N)cc1. The second-order valence-corrected chi connectivity index (χ2v) is 7.16. The van der Waals surface area contributed by atoms with Crippen LogP contribution in [-0.4, -0.2) is 31.4 Å². The van der Waals surface area contributed by atoms with E-state index in [4.69, 9.17) is 31.7 Å². The van der Waals surface area contributed by atoms with Crippen LogP contribution >= 0.6 is 12.2 Å². The average Bonchev–Trinajstić information content (AvgIpc) is 2.78. The van der Waals surface area contributed by atoms with E-state index in [1.165, 1.54) is 7.11 Å². The molecule has 0 radical (unpaired) electrons. The van der Waals surface area contributed by atoms with Gasteiger partial charge in [0.2, 0.25) is 0 Å². The largest absolute Gasteiger partial charge is 0.486 e. The van der Waals surface area contributed by atoms with E-state index in [2.05, 4.69) is 11.4 Å². The van der Waals surface area contributed by atoms with Crippen molar-refractivity contribution in [1.82, 2.24) is 5.32 Å².